The maximum atomic E-state index is 4.10. The number of aryl methyl sites for hydroxylation is 2. The van der Waals surface area contributed by atoms with E-state index >= 15 is 0 Å². The number of hydrogen-bond donors (Lipinski definition) is 0. The second-order valence-corrected chi connectivity index (χ2v) is 7.18. The van der Waals surface area contributed by atoms with Crippen LogP contribution < -0.4 is 0 Å². The molecule has 3 rings (SSSR count). The first-order chi connectivity index (χ1) is 13.0. The molecule has 3 heterocycles. The molecule has 0 saturated carbocycles. The monoisotopic (exact) mass is 376 g/mol. The molecule has 2 aliphatic rings. The van der Waals surface area contributed by atoms with E-state index in [1.54, 1.807) is 0 Å². The Kier molecular flexibility index (Phi) is 11.1. The van der Waals surface area contributed by atoms with Crippen LogP contribution in [0.1, 0.15) is 45.9 Å². The van der Waals surface area contributed by atoms with Crippen molar-refractivity contribution in [3.05, 3.63) is 43.0 Å². The summed E-state index contributed by atoms with van der Waals surface area (Å²) >= 11 is 0. The fraction of sp³-hybridized carbons (Fsp3) is 0.667. The standard InChI is InChI=1S/C8H16N2.C7H14N2.C6H10N2/c1-3-4-5-10-7-6-9(2)8-10;1-3-4-9-6-5-8(2)7-9;1-3-6-7-4-5-8(6)2/h6-7H,3-5,8H2,1-2H3;5-6H,3-4,7H2,1-2H3;4-5H,3H2,1-2H3. The Morgan fingerprint density at radius 2 is 1.41 bits per heavy atom. The summed E-state index contributed by atoms with van der Waals surface area (Å²) in [5, 5.41) is 0. The van der Waals surface area contributed by atoms with Crippen LogP contribution in [0.15, 0.2) is 37.2 Å². The molecule has 0 aliphatic carbocycles. The third kappa shape index (κ3) is 9.40. The van der Waals surface area contributed by atoms with E-state index in [0.29, 0.717) is 0 Å². The molecule has 27 heavy (non-hydrogen) atoms. The molecule has 6 heteroatoms. The van der Waals surface area contributed by atoms with Gasteiger partial charge in [0.1, 0.15) is 5.82 Å². The molecule has 0 saturated heterocycles. The van der Waals surface area contributed by atoms with E-state index in [9.17, 15) is 0 Å². The Labute approximate surface area is 166 Å². The first-order valence-corrected chi connectivity index (χ1v) is 10.2. The average Bonchev–Trinajstić information content (AvgIpc) is 3.37. The molecule has 0 bridgehead atoms. The van der Waals surface area contributed by atoms with Gasteiger partial charge in [-0.05, 0) is 12.8 Å². The largest absolute Gasteiger partial charge is 0.362 e. The van der Waals surface area contributed by atoms with Crippen LogP contribution in [0.2, 0.25) is 0 Å². The Morgan fingerprint density at radius 3 is 1.74 bits per heavy atom. The highest BCUT2D eigenvalue weighted by molar-refractivity contribution is 4.90. The van der Waals surface area contributed by atoms with E-state index < -0.39 is 0 Å². The first-order valence-electron chi connectivity index (χ1n) is 10.2. The molecule has 0 unspecified atom stereocenters. The third-order valence-corrected chi connectivity index (χ3v) is 4.42. The van der Waals surface area contributed by atoms with Crippen LogP contribution in [0.3, 0.4) is 0 Å². The molecule has 0 N–H and O–H groups in total. The fourth-order valence-electron chi connectivity index (χ4n) is 2.85. The first kappa shape index (κ1) is 22.9. The van der Waals surface area contributed by atoms with E-state index in [-0.39, 0.29) is 0 Å². The molecule has 0 fully saturated rings. The van der Waals surface area contributed by atoms with Crippen molar-refractivity contribution in [1.29, 1.82) is 0 Å². The van der Waals surface area contributed by atoms with Crippen LogP contribution in [0.4, 0.5) is 0 Å². The van der Waals surface area contributed by atoms with E-state index in [1.807, 2.05) is 24.0 Å². The van der Waals surface area contributed by atoms with Crippen molar-refractivity contribution in [3.8, 4) is 0 Å². The van der Waals surface area contributed by atoms with Gasteiger partial charge in [-0.15, -0.1) is 0 Å². The summed E-state index contributed by atoms with van der Waals surface area (Å²) in [6.07, 6.45) is 17.1. The van der Waals surface area contributed by atoms with E-state index in [1.165, 1.54) is 32.4 Å². The van der Waals surface area contributed by atoms with Gasteiger partial charge in [0, 0.05) is 77.8 Å². The highest BCUT2D eigenvalue weighted by Crippen LogP contribution is 2.04. The molecular formula is C21H40N6. The van der Waals surface area contributed by atoms with Crippen molar-refractivity contribution in [2.45, 2.75) is 46.5 Å². The van der Waals surface area contributed by atoms with E-state index in [2.05, 4.69) is 84.2 Å². The normalized spacial score (nSPS) is 15.0. The Morgan fingerprint density at radius 1 is 0.815 bits per heavy atom. The van der Waals surface area contributed by atoms with Crippen molar-refractivity contribution in [2.24, 2.45) is 7.05 Å². The average molecular weight is 377 g/mol. The minimum atomic E-state index is 1.02. The Bertz CT molecular complexity index is 551. The van der Waals surface area contributed by atoms with Crippen LogP contribution >= 0.6 is 0 Å². The molecule has 0 atom stereocenters. The van der Waals surface area contributed by atoms with E-state index in [4.69, 9.17) is 0 Å². The van der Waals surface area contributed by atoms with Gasteiger partial charge in [0.25, 0.3) is 0 Å². The van der Waals surface area contributed by atoms with Crippen molar-refractivity contribution in [2.75, 3.05) is 40.5 Å². The summed E-state index contributed by atoms with van der Waals surface area (Å²) in [5.74, 6) is 1.14. The smallest absolute Gasteiger partial charge is 0.108 e. The summed E-state index contributed by atoms with van der Waals surface area (Å²) in [7, 11) is 6.19. The summed E-state index contributed by atoms with van der Waals surface area (Å²) in [5.41, 5.74) is 0. The number of imidazole rings is 1. The van der Waals surface area contributed by atoms with Gasteiger partial charge in [0.15, 0.2) is 0 Å². The fourth-order valence-corrected chi connectivity index (χ4v) is 2.85. The lowest BCUT2D eigenvalue weighted by atomic mass is 10.3. The summed E-state index contributed by atoms with van der Waals surface area (Å²) in [6.45, 7) is 11.0. The minimum Gasteiger partial charge on any atom is -0.362 e. The molecule has 2 aliphatic heterocycles. The molecule has 6 nitrogen and oxygen atoms in total. The number of rotatable bonds is 6. The SMILES string of the molecule is CCCCN1C=CN(C)C1.CCCN1C=CN(C)C1.CCc1nccn1C. The van der Waals surface area contributed by atoms with Crippen molar-refractivity contribution in [1.82, 2.24) is 29.2 Å². The lowest BCUT2D eigenvalue weighted by Crippen LogP contribution is -2.23. The zero-order chi connectivity index (χ0) is 20.1. The van der Waals surface area contributed by atoms with Gasteiger partial charge in [0.2, 0.25) is 0 Å². The van der Waals surface area contributed by atoms with Gasteiger partial charge in [-0.2, -0.15) is 0 Å². The quantitative estimate of drug-likeness (QED) is 0.758. The van der Waals surface area contributed by atoms with E-state index in [0.717, 1.165) is 25.6 Å². The zero-order valence-electron chi connectivity index (χ0n) is 18.3. The topological polar surface area (TPSA) is 30.8 Å². The predicted octanol–water partition coefficient (Wildman–Crippen LogP) is 3.52. The van der Waals surface area contributed by atoms with Crippen molar-refractivity contribution < 1.29 is 0 Å². The molecule has 0 amide bonds. The molecule has 0 aromatic carbocycles. The van der Waals surface area contributed by atoms with Gasteiger partial charge in [-0.1, -0.05) is 27.2 Å². The molecule has 0 radical (unpaired) electrons. The van der Waals surface area contributed by atoms with Crippen molar-refractivity contribution in [3.63, 3.8) is 0 Å². The minimum absolute atomic E-state index is 1.02. The highest BCUT2D eigenvalue weighted by Gasteiger charge is 2.06. The maximum Gasteiger partial charge on any atom is 0.108 e. The number of unbranched alkanes of at least 4 members (excludes halogenated alkanes) is 1. The molecule has 1 aromatic rings. The molecular weight excluding hydrogens is 336 g/mol. The van der Waals surface area contributed by atoms with Gasteiger partial charge in [-0.3, -0.25) is 0 Å². The summed E-state index contributed by atoms with van der Waals surface area (Å²) in [6, 6.07) is 0. The second kappa shape index (κ2) is 13.1. The van der Waals surface area contributed by atoms with Gasteiger partial charge < -0.3 is 24.2 Å². The molecule has 0 spiro atoms. The number of hydrogen-bond acceptors (Lipinski definition) is 5. The number of aromatic nitrogens is 2. The molecule has 154 valence electrons. The van der Waals surface area contributed by atoms with Gasteiger partial charge in [0.05, 0.1) is 13.3 Å². The number of nitrogens with zero attached hydrogens (tertiary/aromatic N) is 6. The second-order valence-electron chi connectivity index (χ2n) is 7.18. The Balaban J connectivity index is 0.000000204. The highest BCUT2D eigenvalue weighted by atomic mass is 15.3. The van der Waals surface area contributed by atoms with Crippen LogP contribution in [-0.4, -0.2) is 69.7 Å². The summed E-state index contributed by atoms with van der Waals surface area (Å²) < 4.78 is 2.03. The van der Waals surface area contributed by atoms with Crippen LogP contribution in [0.5, 0.6) is 0 Å². The van der Waals surface area contributed by atoms with Crippen LogP contribution in [-0.2, 0) is 13.5 Å². The maximum absolute atomic E-state index is 4.10. The lowest BCUT2D eigenvalue weighted by molar-refractivity contribution is 0.293. The Hall–Kier alpha value is -2.11. The van der Waals surface area contributed by atoms with Crippen molar-refractivity contribution >= 4 is 0 Å². The lowest BCUT2D eigenvalue weighted by Gasteiger charge is -2.17. The summed E-state index contributed by atoms with van der Waals surface area (Å²) in [4.78, 5) is 13.1. The zero-order valence-corrected chi connectivity index (χ0v) is 18.3. The van der Waals surface area contributed by atoms with Crippen LogP contribution in [0.25, 0.3) is 0 Å². The van der Waals surface area contributed by atoms with Gasteiger partial charge in [-0.25, -0.2) is 4.98 Å². The predicted molar refractivity (Wildman–Crippen MR) is 115 cm³/mol. The third-order valence-electron chi connectivity index (χ3n) is 4.42. The molecule has 1 aromatic heterocycles. The van der Waals surface area contributed by atoms with Crippen LogP contribution in [0, 0.1) is 0 Å². The van der Waals surface area contributed by atoms with Gasteiger partial charge >= 0.3 is 0 Å².